The summed E-state index contributed by atoms with van der Waals surface area (Å²) in [6.07, 6.45) is 1.65. The predicted molar refractivity (Wildman–Crippen MR) is 95.8 cm³/mol. The Labute approximate surface area is 147 Å². The summed E-state index contributed by atoms with van der Waals surface area (Å²) >= 11 is -2.19. The highest BCUT2D eigenvalue weighted by Gasteiger charge is 2.10. The summed E-state index contributed by atoms with van der Waals surface area (Å²) in [5, 5.41) is 0.834. The Morgan fingerprint density at radius 2 is 1.80 bits per heavy atom. The molecule has 2 N–H and O–H groups in total. The molecule has 8 heteroatoms. The standard InChI is InChI=1S/C17H16N2O5S/c1-22-11-3-5-13-15(9-11)18-8-7-16(13)24-12-4-6-14(19-25(20)21)17(10-12)23-2/h3-10,19H,1-2H3,(H,20,21). The second kappa shape index (κ2) is 7.37. The molecule has 0 aliphatic heterocycles. The van der Waals surface area contributed by atoms with E-state index >= 15 is 0 Å². The minimum Gasteiger partial charge on any atom is -0.497 e. The van der Waals surface area contributed by atoms with Crippen molar-refractivity contribution in [2.24, 2.45) is 0 Å². The molecule has 3 rings (SSSR count). The van der Waals surface area contributed by atoms with Crippen molar-refractivity contribution in [3.63, 3.8) is 0 Å². The zero-order valence-corrected chi connectivity index (χ0v) is 14.4. The molecule has 25 heavy (non-hydrogen) atoms. The highest BCUT2D eigenvalue weighted by Crippen LogP contribution is 2.34. The summed E-state index contributed by atoms with van der Waals surface area (Å²) in [5.74, 6) is 2.25. The Morgan fingerprint density at radius 1 is 1.00 bits per heavy atom. The summed E-state index contributed by atoms with van der Waals surface area (Å²) in [5.41, 5.74) is 1.14. The van der Waals surface area contributed by atoms with Gasteiger partial charge in [0.2, 0.25) is 0 Å². The Morgan fingerprint density at radius 3 is 2.52 bits per heavy atom. The van der Waals surface area contributed by atoms with E-state index in [1.807, 2.05) is 18.2 Å². The van der Waals surface area contributed by atoms with Crippen molar-refractivity contribution >= 4 is 27.9 Å². The number of hydrogen-bond donors (Lipinski definition) is 2. The molecule has 0 saturated heterocycles. The highest BCUT2D eigenvalue weighted by atomic mass is 32.2. The maximum absolute atomic E-state index is 10.9. The molecule has 1 aromatic heterocycles. The minimum absolute atomic E-state index is 0.389. The van der Waals surface area contributed by atoms with Gasteiger partial charge in [-0.25, -0.2) is 4.21 Å². The van der Waals surface area contributed by atoms with Crippen LogP contribution in [0.4, 0.5) is 5.69 Å². The van der Waals surface area contributed by atoms with Gasteiger partial charge in [-0.3, -0.25) is 14.3 Å². The molecule has 130 valence electrons. The number of aromatic nitrogens is 1. The number of pyridine rings is 1. The lowest BCUT2D eigenvalue weighted by Crippen LogP contribution is -2.03. The summed E-state index contributed by atoms with van der Waals surface area (Å²) in [4.78, 5) is 4.32. The van der Waals surface area contributed by atoms with E-state index in [0.29, 0.717) is 28.7 Å². The zero-order valence-electron chi connectivity index (χ0n) is 13.6. The van der Waals surface area contributed by atoms with E-state index in [9.17, 15) is 4.21 Å². The topological polar surface area (TPSA) is 89.9 Å². The number of nitrogens with zero attached hydrogens (tertiary/aromatic N) is 1. The van der Waals surface area contributed by atoms with Crippen LogP contribution in [0, 0.1) is 0 Å². The quantitative estimate of drug-likeness (QED) is 0.653. The van der Waals surface area contributed by atoms with Gasteiger partial charge >= 0.3 is 0 Å². The van der Waals surface area contributed by atoms with Gasteiger partial charge in [0, 0.05) is 23.7 Å². The van der Waals surface area contributed by atoms with Crippen molar-refractivity contribution in [2.75, 3.05) is 18.9 Å². The molecule has 3 aromatic rings. The van der Waals surface area contributed by atoms with E-state index < -0.39 is 11.3 Å². The molecule has 1 atom stereocenters. The molecule has 1 unspecified atom stereocenters. The molecule has 0 radical (unpaired) electrons. The fourth-order valence-corrected chi connectivity index (χ4v) is 2.71. The summed E-state index contributed by atoms with van der Waals surface area (Å²) in [6, 6.07) is 12.2. The first kappa shape index (κ1) is 17.0. The van der Waals surface area contributed by atoms with Gasteiger partial charge in [0.05, 0.1) is 25.4 Å². The van der Waals surface area contributed by atoms with Crippen molar-refractivity contribution < 1.29 is 23.0 Å². The summed E-state index contributed by atoms with van der Waals surface area (Å²) in [6.45, 7) is 0. The van der Waals surface area contributed by atoms with E-state index in [1.54, 1.807) is 37.6 Å². The molecule has 0 aliphatic rings. The Balaban J connectivity index is 1.94. The van der Waals surface area contributed by atoms with Crippen molar-refractivity contribution in [2.45, 2.75) is 0 Å². The fraction of sp³-hybridized carbons (Fsp3) is 0.118. The number of hydrogen-bond acceptors (Lipinski definition) is 5. The van der Waals surface area contributed by atoms with Gasteiger partial charge in [0.15, 0.2) is 0 Å². The molecule has 0 aliphatic carbocycles. The van der Waals surface area contributed by atoms with Crippen molar-refractivity contribution in [1.29, 1.82) is 0 Å². The van der Waals surface area contributed by atoms with Gasteiger partial charge in [-0.2, -0.15) is 0 Å². The molecular formula is C17H16N2O5S. The van der Waals surface area contributed by atoms with Gasteiger partial charge in [0.1, 0.15) is 23.0 Å². The molecule has 1 heterocycles. The summed E-state index contributed by atoms with van der Waals surface area (Å²) < 4.78 is 38.6. The van der Waals surface area contributed by atoms with Crippen molar-refractivity contribution in [3.05, 3.63) is 48.7 Å². The maximum Gasteiger partial charge on any atom is 0.259 e. The molecule has 7 nitrogen and oxygen atoms in total. The van der Waals surface area contributed by atoms with E-state index in [-0.39, 0.29) is 0 Å². The molecule has 0 bridgehead atoms. The summed E-state index contributed by atoms with van der Waals surface area (Å²) in [7, 11) is 3.07. The largest absolute Gasteiger partial charge is 0.497 e. The third kappa shape index (κ3) is 3.81. The van der Waals surface area contributed by atoms with Crippen LogP contribution in [0.3, 0.4) is 0 Å². The number of fused-ring (bicyclic) bond motifs is 1. The van der Waals surface area contributed by atoms with Gasteiger partial charge in [0.25, 0.3) is 11.3 Å². The third-order valence-electron chi connectivity index (χ3n) is 3.51. The first-order valence-corrected chi connectivity index (χ1v) is 8.37. The Hall–Kier alpha value is -2.84. The predicted octanol–water partition coefficient (Wildman–Crippen LogP) is 3.59. The second-order valence-electron chi connectivity index (χ2n) is 5.01. The number of anilines is 1. The molecular weight excluding hydrogens is 344 g/mol. The number of ether oxygens (including phenoxy) is 3. The lowest BCUT2D eigenvalue weighted by molar-refractivity contribution is 0.411. The van der Waals surface area contributed by atoms with E-state index in [0.717, 1.165) is 10.9 Å². The van der Waals surface area contributed by atoms with Crippen molar-refractivity contribution in [3.8, 4) is 23.0 Å². The lowest BCUT2D eigenvalue weighted by atomic mass is 10.2. The normalized spacial score (nSPS) is 11.8. The number of benzene rings is 2. The molecule has 0 saturated carbocycles. The Kier molecular flexibility index (Phi) is 5.01. The van der Waals surface area contributed by atoms with Gasteiger partial charge in [-0.15, -0.1) is 0 Å². The number of rotatable bonds is 6. The van der Waals surface area contributed by atoms with E-state index in [1.165, 1.54) is 7.11 Å². The maximum atomic E-state index is 10.9. The number of methoxy groups -OCH3 is 2. The van der Waals surface area contributed by atoms with Crippen LogP contribution in [0.5, 0.6) is 23.0 Å². The zero-order chi connectivity index (χ0) is 17.8. The minimum atomic E-state index is -2.19. The van der Waals surface area contributed by atoms with Crippen LogP contribution in [0.1, 0.15) is 0 Å². The van der Waals surface area contributed by atoms with Crippen LogP contribution in [-0.4, -0.2) is 28.0 Å². The molecule has 0 amide bonds. The van der Waals surface area contributed by atoms with Crippen LogP contribution >= 0.6 is 0 Å². The van der Waals surface area contributed by atoms with Crippen molar-refractivity contribution in [1.82, 2.24) is 4.98 Å². The molecule has 2 aromatic carbocycles. The molecule has 0 fully saturated rings. The van der Waals surface area contributed by atoms with Crippen LogP contribution in [0.25, 0.3) is 10.9 Å². The average molecular weight is 360 g/mol. The van der Waals surface area contributed by atoms with Crippen LogP contribution in [0.15, 0.2) is 48.7 Å². The SMILES string of the molecule is COc1ccc2c(Oc3ccc(NS(=O)O)c(OC)c3)ccnc2c1. The lowest BCUT2D eigenvalue weighted by Gasteiger charge is -2.13. The van der Waals surface area contributed by atoms with E-state index in [2.05, 4.69) is 9.71 Å². The van der Waals surface area contributed by atoms with Crippen LogP contribution < -0.4 is 18.9 Å². The van der Waals surface area contributed by atoms with Crippen LogP contribution in [0.2, 0.25) is 0 Å². The third-order valence-corrected chi connectivity index (χ3v) is 3.90. The smallest absolute Gasteiger partial charge is 0.259 e. The first-order valence-electron chi connectivity index (χ1n) is 7.27. The Bertz CT molecular complexity index is 932. The monoisotopic (exact) mass is 360 g/mol. The molecule has 0 spiro atoms. The second-order valence-corrected chi connectivity index (χ2v) is 5.71. The fourth-order valence-electron chi connectivity index (χ4n) is 2.36. The average Bonchev–Trinajstić information content (AvgIpc) is 2.62. The first-order chi connectivity index (χ1) is 12.1. The van der Waals surface area contributed by atoms with Gasteiger partial charge < -0.3 is 14.2 Å². The van der Waals surface area contributed by atoms with E-state index in [4.69, 9.17) is 18.8 Å². The van der Waals surface area contributed by atoms with Gasteiger partial charge in [-0.1, -0.05) is 0 Å². The highest BCUT2D eigenvalue weighted by molar-refractivity contribution is 7.80. The van der Waals surface area contributed by atoms with Crippen LogP contribution in [-0.2, 0) is 11.3 Å². The number of nitrogens with one attached hydrogen (secondary N) is 1. The van der Waals surface area contributed by atoms with Gasteiger partial charge in [-0.05, 0) is 30.3 Å².